The quantitative estimate of drug-likeness (QED) is 0.791. The topological polar surface area (TPSA) is 69.9 Å². The molecule has 0 aliphatic heterocycles. The van der Waals surface area contributed by atoms with Gasteiger partial charge in [-0.25, -0.2) is 14.1 Å². The van der Waals surface area contributed by atoms with Gasteiger partial charge in [-0.3, -0.25) is 0 Å². The van der Waals surface area contributed by atoms with E-state index in [0.717, 1.165) is 0 Å². The molecule has 0 aliphatic carbocycles. The van der Waals surface area contributed by atoms with Gasteiger partial charge in [-0.15, -0.1) is 0 Å². The summed E-state index contributed by atoms with van der Waals surface area (Å²) in [6.07, 6.45) is 0. The number of imidazole rings is 1. The molecular formula is C13H16BrFN4. The number of nitrogens with zero attached hydrogens (tertiary/aromatic N) is 2. The summed E-state index contributed by atoms with van der Waals surface area (Å²) in [5, 5.41) is 0. The number of aromatic nitrogens is 2. The van der Waals surface area contributed by atoms with Crippen LogP contribution in [0.4, 0.5) is 10.2 Å². The van der Waals surface area contributed by atoms with Gasteiger partial charge in [0, 0.05) is 11.0 Å². The van der Waals surface area contributed by atoms with Gasteiger partial charge in [0.2, 0.25) is 0 Å². The molecular weight excluding hydrogens is 311 g/mol. The molecule has 0 fully saturated rings. The molecule has 0 saturated heterocycles. The number of benzene rings is 1. The Hall–Kier alpha value is -1.56. The summed E-state index contributed by atoms with van der Waals surface area (Å²) in [7, 11) is 0. The highest BCUT2D eigenvalue weighted by molar-refractivity contribution is 9.10. The molecule has 0 amide bonds. The van der Waals surface area contributed by atoms with Gasteiger partial charge in [-0.2, -0.15) is 0 Å². The lowest BCUT2D eigenvalue weighted by molar-refractivity contribution is 0.532. The molecule has 19 heavy (non-hydrogen) atoms. The van der Waals surface area contributed by atoms with Crippen molar-refractivity contribution in [2.24, 2.45) is 0 Å². The highest BCUT2D eigenvalue weighted by Gasteiger charge is 2.24. The normalized spacial score (nSPS) is 11.8. The van der Waals surface area contributed by atoms with E-state index in [1.807, 2.05) is 20.8 Å². The molecule has 102 valence electrons. The molecule has 0 bridgehead atoms. The average Bonchev–Trinajstić information content (AvgIpc) is 2.60. The molecule has 1 heterocycles. The number of anilines is 1. The second-order valence-corrected chi connectivity index (χ2v) is 6.27. The molecule has 0 unspecified atom stereocenters. The van der Waals surface area contributed by atoms with E-state index < -0.39 is 0 Å². The van der Waals surface area contributed by atoms with Crippen LogP contribution >= 0.6 is 15.9 Å². The monoisotopic (exact) mass is 326 g/mol. The van der Waals surface area contributed by atoms with Crippen LogP contribution in [0.15, 0.2) is 22.7 Å². The van der Waals surface area contributed by atoms with Gasteiger partial charge in [0.1, 0.15) is 17.3 Å². The molecule has 2 rings (SSSR count). The second-order valence-electron chi connectivity index (χ2n) is 5.42. The average molecular weight is 327 g/mol. The van der Waals surface area contributed by atoms with Crippen LogP contribution in [-0.4, -0.2) is 9.66 Å². The van der Waals surface area contributed by atoms with Gasteiger partial charge in [-0.05, 0) is 28.1 Å². The summed E-state index contributed by atoms with van der Waals surface area (Å²) in [6, 6.07) is 4.75. The Bertz CT molecular complexity index is 628. The second kappa shape index (κ2) is 4.52. The van der Waals surface area contributed by atoms with Crippen LogP contribution in [0, 0.1) is 5.82 Å². The van der Waals surface area contributed by atoms with Gasteiger partial charge < -0.3 is 11.6 Å². The SMILES string of the molecule is CC(C)(C)c1nc(-c2ccc(Br)c(F)c2)c(N)n1N. The van der Waals surface area contributed by atoms with Crippen LogP contribution in [0.2, 0.25) is 0 Å². The molecule has 4 N–H and O–H groups in total. The van der Waals surface area contributed by atoms with Crippen molar-refractivity contribution in [2.75, 3.05) is 11.6 Å². The lowest BCUT2D eigenvalue weighted by Crippen LogP contribution is -2.24. The predicted octanol–water partition coefficient (Wildman–Crippen LogP) is 3.05. The summed E-state index contributed by atoms with van der Waals surface area (Å²) >= 11 is 3.12. The van der Waals surface area contributed by atoms with E-state index in [9.17, 15) is 4.39 Å². The molecule has 0 spiro atoms. The first kappa shape index (κ1) is 13.9. The van der Waals surface area contributed by atoms with Gasteiger partial charge in [0.15, 0.2) is 5.82 Å². The van der Waals surface area contributed by atoms with E-state index >= 15 is 0 Å². The van der Waals surface area contributed by atoms with Crippen molar-refractivity contribution in [3.05, 3.63) is 34.3 Å². The van der Waals surface area contributed by atoms with Crippen LogP contribution in [0.3, 0.4) is 0 Å². The number of nitrogens with two attached hydrogens (primary N) is 2. The van der Waals surface area contributed by atoms with Crippen LogP contribution < -0.4 is 11.6 Å². The zero-order valence-corrected chi connectivity index (χ0v) is 12.6. The highest BCUT2D eigenvalue weighted by atomic mass is 79.9. The van der Waals surface area contributed by atoms with E-state index in [2.05, 4.69) is 20.9 Å². The summed E-state index contributed by atoms with van der Waals surface area (Å²) in [5.74, 6) is 6.54. The van der Waals surface area contributed by atoms with Crippen LogP contribution in [0.5, 0.6) is 0 Å². The van der Waals surface area contributed by atoms with Crippen molar-refractivity contribution < 1.29 is 4.39 Å². The number of rotatable bonds is 1. The number of hydrogen-bond donors (Lipinski definition) is 2. The maximum absolute atomic E-state index is 13.6. The Morgan fingerprint density at radius 3 is 2.42 bits per heavy atom. The minimum absolute atomic E-state index is 0.241. The Kier molecular flexibility index (Phi) is 3.30. The van der Waals surface area contributed by atoms with Crippen molar-refractivity contribution in [3.8, 4) is 11.3 Å². The van der Waals surface area contributed by atoms with E-state index in [1.54, 1.807) is 12.1 Å². The molecule has 0 atom stereocenters. The third-order valence-electron chi connectivity index (χ3n) is 2.81. The standard InChI is InChI=1S/C13H16BrFN4/c1-13(2,3)12-18-10(11(16)19(12)17)7-4-5-8(14)9(15)6-7/h4-6H,16-17H2,1-3H3. The highest BCUT2D eigenvalue weighted by Crippen LogP contribution is 2.31. The maximum Gasteiger partial charge on any atom is 0.150 e. The summed E-state index contributed by atoms with van der Waals surface area (Å²) in [4.78, 5) is 4.45. The smallest absolute Gasteiger partial charge is 0.150 e. The fourth-order valence-electron chi connectivity index (χ4n) is 1.83. The third kappa shape index (κ3) is 2.45. The lowest BCUT2D eigenvalue weighted by Gasteiger charge is -2.17. The van der Waals surface area contributed by atoms with Crippen molar-refractivity contribution in [3.63, 3.8) is 0 Å². The molecule has 0 radical (unpaired) electrons. The van der Waals surface area contributed by atoms with Crippen LogP contribution in [-0.2, 0) is 5.41 Å². The predicted molar refractivity (Wildman–Crippen MR) is 78.6 cm³/mol. The lowest BCUT2D eigenvalue weighted by atomic mass is 9.96. The summed E-state index contributed by atoms with van der Waals surface area (Å²) in [6.45, 7) is 5.97. The minimum Gasteiger partial charge on any atom is -0.382 e. The summed E-state index contributed by atoms with van der Waals surface area (Å²) in [5.41, 5.74) is 6.82. The minimum atomic E-state index is -0.360. The van der Waals surface area contributed by atoms with E-state index in [4.69, 9.17) is 11.6 Å². The van der Waals surface area contributed by atoms with Gasteiger partial charge in [0.25, 0.3) is 0 Å². The first-order valence-corrected chi connectivity index (χ1v) is 6.60. The summed E-state index contributed by atoms with van der Waals surface area (Å²) < 4.78 is 15.3. The van der Waals surface area contributed by atoms with Gasteiger partial charge >= 0.3 is 0 Å². The maximum atomic E-state index is 13.6. The van der Waals surface area contributed by atoms with Crippen LogP contribution in [0.25, 0.3) is 11.3 Å². The third-order valence-corrected chi connectivity index (χ3v) is 3.46. The first-order valence-electron chi connectivity index (χ1n) is 5.81. The molecule has 2 aromatic rings. The zero-order chi connectivity index (χ0) is 14.4. The first-order chi connectivity index (χ1) is 8.71. The van der Waals surface area contributed by atoms with Gasteiger partial charge in [0.05, 0.1) is 4.47 Å². The molecule has 4 nitrogen and oxygen atoms in total. The van der Waals surface area contributed by atoms with Crippen molar-refractivity contribution >= 4 is 21.7 Å². The van der Waals surface area contributed by atoms with Crippen molar-refractivity contribution in [1.82, 2.24) is 9.66 Å². The Balaban J connectivity index is 2.60. The van der Waals surface area contributed by atoms with Crippen molar-refractivity contribution in [2.45, 2.75) is 26.2 Å². The molecule has 1 aromatic heterocycles. The van der Waals surface area contributed by atoms with Gasteiger partial charge in [-0.1, -0.05) is 26.8 Å². The molecule has 6 heteroatoms. The van der Waals surface area contributed by atoms with Crippen LogP contribution in [0.1, 0.15) is 26.6 Å². The Morgan fingerprint density at radius 2 is 1.95 bits per heavy atom. The number of hydrogen-bond acceptors (Lipinski definition) is 3. The fraction of sp³-hybridized carbons (Fsp3) is 0.308. The van der Waals surface area contributed by atoms with E-state index in [-0.39, 0.29) is 11.2 Å². The molecule has 0 saturated carbocycles. The Morgan fingerprint density at radius 1 is 1.32 bits per heavy atom. The van der Waals surface area contributed by atoms with E-state index in [0.29, 0.717) is 27.4 Å². The number of halogens is 2. The van der Waals surface area contributed by atoms with E-state index in [1.165, 1.54) is 10.7 Å². The Labute approximate surface area is 119 Å². The van der Waals surface area contributed by atoms with Crippen molar-refractivity contribution in [1.29, 1.82) is 0 Å². The number of nitrogen functional groups attached to an aromatic ring is 2. The molecule has 1 aromatic carbocycles. The largest absolute Gasteiger partial charge is 0.382 e. The fourth-order valence-corrected chi connectivity index (χ4v) is 2.08. The zero-order valence-electron chi connectivity index (χ0n) is 11.0. The molecule has 0 aliphatic rings.